The summed E-state index contributed by atoms with van der Waals surface area (Å²) in [5, 5.41) is 4.16. The number of carbonyl (C=O) groups is 1. The molecule has 1 aliphatic heterocycles. The van der Waals surface area contributed by atoms with E-state index in [1.54, 1.807) is 6.20 Å². The second-order valence-electron chi connectivity index (χ2n) is 7.17. The predicted octanol–water partition coefficient (Wildman–Crippen LogP) is 3.00. The van der Waals surface area contributed by atoms with Gasteiger partial charge in [-0.3, -0.25) is 9.48 Å². The Bertz CT molecular complexity index is 675. The number of hydrogen-bond donors (Lipinski definition) is 0. The van der Waals surface area contributed by atoms with E-state index in [0.29, 0.717) is 12.3 Å². The van der Waals surface area contributed by atoms with E-state index in [2.05, 4.69) is 43.2 Å². The molecule has 2 aromatic rings. The monoisotopic (exact) mass is 311 g/mol. The van der Waals surface area contributed by atoms with Crippen LogP contribution in [0.15, 0.2) is 42.6 Å². The highest BCUT2D eigenvalue weighted by molar-refractivity contribution is 5.77. The van der Waals surface area contributed by atoms with Crippen LogP contribution in [0.5, 0.6) is 0 Å². The molecule has 3 rings (SSSR count). The highest BCUT2D eigenvalue weighted by atomic mass is 16.2. The summed E-state index contributed by atoms with van der Waals surface area (Å²) in [6.07, 6.45) is 3.09. The Labute approximate surface area is 138 Å². The first-order chi connectivity index (χ1) is 11.0. The van der Waals surface area contributed by atoms with Gasteiger partial charge in [0.15, 0.2) is 0 Å². The van der Waals surface area contributed by atoms with Crippen LogP contribution >= 0.6 is 0 Å². The van der Waals surface area contributed by atoms with Crippen LogP contribution in [0, 0.1) is 5.41 Å². The van der Waals surface area contributed by atoms with Gasteiger partial charge in [0.05, 0.1) is 0 Å². The van der Waals surface area contributed by atoms with E-state index in [9.17, 15) is 4.79 Å². The van der Waals surface area contributed by atoms with Gasteiger partial charge in [0.25, 0.3) is 0 Å². The minimum absolute atomic E-state index is 0.115. The van der Waals surface area contributed by atoms with Crippen LogP contribution < -0.4 is 0 Å². The Morgan fingerprint density at radius 3 is 2.65 bits per heavy atom. The molecule has 1 aliphatic rings. The summed E-state index contributed by atoms with van der Waals surface area (Å²) < 4.78 is 1.84. The second-order valence-corrected chi connectivity index (χ2v) is 7.17. The van der Waals surface area contributed by atoms with Gasteiger partial charge in [0.1, 0.15) is 0 Å². The quantitative estimate of drug-likeness (QED) is 0.870. The summed E-state index contributed by atoms with van der Waals surface area (Å²) in [5.41, 5.74) is 2.56. The molecule has 1 atom stereocenters. The first kappa shape index (κ1) is 15.8. The number of likely N-dealkylation sites (tertiary alicyclic amines) is 1. The van der Waals surface area contributed by atoms with Crippen molar-refractivity contribution >= 4 is 5.91 Å². The van der Waals surface area contributed by atoms with E-state index in [-0.39, 0.29) is 11.3 Å². The van der Waals surface area contributed by atoms with Gasteiger partial charge in [0, 0.05) is 44.4 Å². The lowest BCUT2D eigenvalue weighted by Gasteiger charge is -2.25. The third-order valence-electron chi connectivity index (χ3n) is 5.02. The second kappa shape index (κ2) is 6.19. The van der Waals surface area contributed by atoms with Gasteiger partial charge in [0.2, 0.25) is 5.91 Å². The Morgan fingerprint density at radius 1 is 1.26 bits per heavy atom. The molecule has 1 fully saturated rings. The van der Waals surface area contributed by atoms with E-state index in [4.69, 9.17) is 0 Å². The molecular formula is C19H25N3O. The van der Waals surface area contributed by atoms with Crippen molar-refractivity contribution < 1.29 is 4.79 Å². The van der Waals surface area contributed by atoms with Crippen LogP contribution in [0.25, 0.3) is 0 Å². The summed E-state index contributed by atoms with van der Waals surface area (Å²) in [5.74, 6) is 0.655. The molecule has 1 aromatic carbocycles. The number of amides is 1. The zero-order valence-corrected chi connectivity index (χ0v) is 14.2. The lowest BCUT2D eigenvalue weighted by molar-refractivity contribution is -0.130. The molecule has 0 bridgehead atoms. The number of rotatable bonds is 4. The Kier molecular flexibility index (Phi) is 4.24. The van der Waals surface area contributed by atoms with Crippen molar-refractivity contribution in [1.29, 1.82) is 0 Å². The minimum atomic E-state index is 0.115. The fraction of sp³-hybridized carbons (Fsp3) is 0.474. The minimum Gasteiger partial charge on any atom is -0.341 e. The summed E-state index contributed by atoms with van der Waals surface area (Å²) in [4.78, 5) is 14.6. The zero-order chi connectivity index (χ0) is 16.4. The first-order valence-corrected chi connectivity index (χ1v) is 8.27. The van der Waals surface area contributed by atoms with Crippen molar-refractivity contribution in [2.45, 2.75) is 32.6 Å². The highest BCUT2D eigenvalue weighted by Gasteiger charge is 2.41. The first-order valence-electron chi connectivity index (χ1n) is 8.27. The maximum atomic E-state index is 12.6. The average Bonchev–Trinajstić information content (AvgIpc) is 3.08. The molecule has 4 nitrogen and oxygen atoms in total. The van der Waals surface area contributed by atoms with Gasteiger partial charge in [-0.25, -0.2) is 0 Å². The third-order valence-corrected chi connectivity index (χ3v) is 5.02. The Balaban J connectivity index is 1.65. The number of hydrogen-bond acceptors (Lipinski definition) is 2. The SMILES string of the molecule is Cn1nccc1CCC(=O)N1C[C@H](c2ccccc2)C(C)(C)C1. The molecule has 0 saturated carbocycles. The molecule has 23 heavy (non-hydrogen) atoms. The molecule has 122 valence electrons. The fourth-order valence-corrected chi connectivity index (χ4v) is 3.61. The van der Waals surface area contributed by atoms with Crippen molar-refractivity contribution in [3.8, 4) is 0 Å². The molecule has 1 aromatic heterocycles. The predicted molar refractivity (Wildman–Crippen MR) is 91.1 cm³/mol. The molecule has 4 heteroatoms. The molecular weight excluding hydrogens is 286 g/mol. The largest absolute Gasteiger partial charge is 0.341 e. The molecule has 0 radical (unpaired) electrons. The van der Waals surface area contributed by atoms with Gasteiger partial charge in [-0.05, 0) is 23.5 Å². The highest BCUT2D eigenvalue weighted by Crippen LogP contribution is 2.42. The normalized spacial score (nSPS) is 20.0. The topological polar surface area (TPSA) is 38.1 Å². The summed E-state index contributed by atoms with van der Waals surface area (Å²) in [6, 6.07) is 12.5. The van der Waals surface area contributed by atoms with Crippen LogP contribution in [-0.2, 0) is 18.3 Å². The smallest absolute Gasteiger partial charge is 0.222 e. The van der Waals surface area contributed by atoms with E-state index >= 15 is 0 Å². The fourth-order valence-electron chi connectivity index (χ4n) is 3.61. The van der Waals surface area contributed by atoms with Crippen molar-refractivity contribution in [2.75, 3.05) is 13.1 Å². The van der Waals surface area contributed by atoms with Crippen molar-refractivity contribution in [3.63, 3.8) is 0 Å². The molecule has 1 saturated heterocycles. The van der Waals surface area contributed by atoms with Crippen LogP contribution in [0.4, 0.5) is 0 Å². The molecule has 0 spiro atoms. The average molecular weight is 311 g/mol. The maximum absolute atomic E-state index is 12.6. The third kappa shape index (κ3) is 3.31. The maximum Gasteiger partial charge on any atom is 0.222 e. The zero-order valence-electron chi connectivity index (χ0n) is 14.2. The van der Waals surface area contributed by atoms with Crippen molar-refractivity contribution in [1.82, 2.24) is 14.7 Å². The summed E-state index contributed by atoms with van der Waals surface area (Å²) >= 11 is 0. The molecule has 0 unspecified atom stereocenters. The summed E-state index contributed by atoms with van der Waals surface area (Å²) in [6.45, 7) is 6.18. The lowest BCUT2D eigenvalue weighted by atomic mass is 9.78. The molecule has 2 heterocycles. The van der Waals surface area contributed by atoms with E-state index in [0.717, 1.165) is 25.2 Å². The van der Waals surface area contributed by atoms with E-state index in [1.165, 1.54) is 5.56 Å². The van der Waals surface area contributed by atoms with Gasteiger partial charge < -0.3 is 4.90 Å². The van der Waals surface area contributed by atoms with E-state index in [1.807, 2.05) is 28.8 Å². The van der Waals surface area contributed by atoms with Crippen LogP contribution in [0.2, 0.25) is 0 Å². The van der Waals surface area contributed by atoms with Gasteiger partial charge >= 0.3 is 0 Å². The number of aromatic nitrogens is 2. The molecule has 0 aliphatic carbocycles. The standard InChI is InChI=1S/C19H25N3O/c1-19(2)14-22(13-17(19)15-7-5-4-6-8-15)18(23)10-9-16-11-12-20-21(16)3/h4-8,11-12,17H,9-10,13-14H2,1-3H3/t17-/m1/s1. The van der Waals surface area contributed by atoms with Gasteiger partial charge in [-0.2, -0.15) is 5.10 Å². The Hall–Kier alpha value is -2.10. The number of benzene rings is 1. The lowest BCUT2D eigenvalue weighted by Crippen LogP contribution is -2.30. The van der Waals surface area contributed by atoms with Crippen LogP contribution in [-0.4, -0.2) is 33.7 Å². The molecule has 0 N–H and O–H groups in total. The molecule has 1 amide bonds. The van der Waals surface area contributed by atoms with Gasteiger partial charge in [-0.1, -0.05) is 44.2 Å². The van der Waals surface area contributed by atoms with Crippen LogP contribution in [0.3, 0.4) is 0 Å². The number of aryl methyl sites for hydroxylation is 2. The van der Waals surface area contributed by atoms with E-state index < -0.39 is 0 Å². The number of carbonyl (C=O) groups excluding carboxylic acids is 1. The Morgan fingerprint density at radius 2 is 2.00 bits per heavy atom. The van der Waals surface area contributed by atoms with Crippen molar-refractivity contribution in [2.24, 2.45) is 12.5 Å². The van der Waals surface area contributed by atoms with Gasteiger partial charge in [-0.15, -0.1) is 0 Å². The van der Waals surface area contributed by atoms with Crippen molar-refractivity contribution in [3.05, 3.63) is 53.9 Å². The summed E-state index contributed by atoms with van der Waals surface area (Å²) in [7, 11) is 1.92. The van der Waals surface area contributed by atoms with Crippen LogP contribution in [0.1, 0.15) is 37.4 Å². The number of nitrogens with zero attached hydrogens (tertiary/aromatic N) is 3.